The van der Waals surface area contributed by atoms with Crippen LogP contribution in [0.4, 0.5) is 26.3 Å². The van der Waals surface area contributed by atoms with Crippen molar-refractivity contribution in [3.8, 4) is 22.9 Å². The molecule has 532 valence electrons. The number of carbonyl (C=O) groups excluding carboxylic acids is 3. The lowest BCUT2D eigenvalue weighted by Crippen LogP contribution is -2.41. The summed E-state index contributed by atoms with van der Waals surface area (Å²) in [4.78, 5) is 48.9. The minimum Gasteiger partial charge on any atom is -0.444 e. The molecule has 3 aliphatic carbocycles. The molecular weight excluding hydrogens is 1380 g/mol. The molecule has 3 amide bonds. The normalized spacial score (nSPS) is 15.7. The molecule has 4 fully saturated rings. The third kappa shape index (κ3) is 19.6. The zero-order valence-electron chi connectivity index (χ0n) is 57.7. The van der Waals surface area contributed by atoms with Gasteiger partial charge in [-0.25, -0.2) is 36.3 Å². The minimum atomic E-state index is -0.662. The van der Waals surface area contributed by atoms with Crippen molar-refractivity contribution in [2.75, 3.05) is 0 Å². The van der Waals surface area contributed by atoms with Gasteiger partial charge in [-0.15, -0.1) is 0 Å². The van der Waals surface area contributed by atoms with E-state index in [0.29, 0.717) is 50.4 Å². The molecule has 24 heteroatoms. The minimum absolute atomic E-state index is 0.00472. The molecule has 4 heterocycles. The van der Waals surface area contributed by atoms with E-state index in [2.05, 4.69) is 95.0 Å². The maximum absolute atomic E-state index is 13.8. The van der Waals surface area contributed by atoms with Crippen LogP contribution >= 0.6 is 34.8 Å². The molecule has 0 spiro atoms. The molecule has 1 saturated heterocycles. The number of oxazole rings is 3. The fraction of sp³-hybridized carbons (Fsp3) is 0.308. The van der Waals surface area contributed by atoms with Gasteiger partial charge in [0.1, 0.15) is 53.7 Å². The van der Waals surface area contributed by atoms with Crippen molar-refractivity contribution in [3.63, 3.8) is 0 Å². The Kier molecular flexibility index (Phi) is 24.2. The lowest BCUT2D eigenvalue weighted by Gasteiger charge is -2.32. The lowest BCUT2D eigenvalue weighted by atomic mass is 9.78. The molecular formula is C78H76BCl3F6N6O8. The first-order valence-corrected chi connectivity index (χ1v) is 34.4. The first-order chi connectivity index (χ1) is 48.4. The van der Waals surface area contributed by atoms with Crippen LogP contribution in [0.5, 0.6) is 0 Å². The SMILES string of the molecule is CC1(C)OB(c2cccc(C3CC3)c2)OC1(C)C.Cc1c(F)cc([C@@H](C)NC(=O)c2coc(-c3cccc(C4CC4)c3)n2)cc1F.Cc1c(F)cc([C@@H](C)NC(=O)c2coc(-c3cccc(C4CC4)c3)n2)cc1F.Cc1c(F)cc([C@@H](C)NC(=O)c2coc(Cl)n2)cc1F.Clc1cccc(Cl)c1. The number of aromatic nitrogens is 3. The van der Waals surface area contributed by atoms with E-state index in [-0.39, 0.29) is 57.4 Å². The molecule has 7 aromatic carbocycles. The monoisotopic (exact) mass is 1450 g/mol. The molecule has 3 aromatic heterocycles. The highest BCUT2D eigenvalue weighted by molar-refractivity contribution is 6.62. The molecule has 1 aliphatic heterocycles. The number of hydrogen-bond acceptors (Lipinski definition) is 11. The van der Waals surface area contributed by atoms with Gasteiger partial charge in [-0.1, -0.05) is 77.8 Å². The van der Waals surface area contributed by atoms with Crippen LogP contribution in [0.25, 0.3) is 22.9 Å². The first kappa shape index (κ1) is 75.7. The molecule has 3 N–H and O–H groups in total. The Morgan fingerprint density at radius 3 is 1.07 bits per heavy atom. The number of halogens is 9. The molecule has 14 rings (SSSR count). The number of amides is 3. The summed E-state index contributed by atoms with van der Waals surface area (Å²) in [7, 11) is -0.228. The zero-order valence-corrected chi connectivity index (χ0v) is 60.0. The Hall–Kier alpha value is -8.99. The molecule has 10 aromatic rings. The van der Waals surface area contributed by atoms with Crippen LogP contribution < -0.4 is 21.4 Å². The second kappa shape index (κ2) is 32.6. The van der Waals surface area contributed by atoms with E-state index in [9.17, 15) is 40.7 Å². The number of hydrogen-bond donors (Lipinski definition) is 3. The van der Waals surface area contributed by atoms with Crippen molar-refractivity contribution in [1.82, 2.24) is 30.9 Å². The smallest absolute Gasteiger partial charge is 0.444 e. The highest BCUT2D eigenvalue weighted by atomic mass is 35.5. The van der Waals surface area contributed by atoms with Crippen molar-refractivity contribution in [2.45, 2.75) is 155 Å². The summed E-state index contributed by atoms with van der Waals surface area (Å²) in [6.45, 7) is 17.4. The van der Waals surface area contributed by atoms with Crippen molar-refractivity contribution in [3.05, 3.63) is 270 Å². The van der Waals surface area contributed by atoms with Gasteiger partial charge in [-0.05, 0) is 255 Å². The van der Waals surface area contributed by atoms with Gasteiger partial charge < -0.3 is 38.5 Å². The van der Waals surface area contributed by atoms with Crippen molar-refractivity contribution in [1.29, 1.82) is 0 Å². The zero-order chi connectivity index (χ0) is 73.5. The number of rotatable bonds is 15. The summed E-state index contributed by atoms with van der Waals surface area (Å²) in [5.41, 5.74) is 7.28. The Morgan fingerprint density at radius 2 is 0.755 bits per heavy atom. The van der Waals surface area contributed by atoms with E-state index in [1.165, 1.54) is 125 Å². The van der Waals surface area contributed by atoms with E-state index in [4.69, 9.17) is 57.4 Å². The van der Waals surface area contributed by atoms with Crippen LogP contribution in [-0.2, 0) is 9.31 Å². The molecule has 0 radical (unpaired) electrons. The van der Waals surface area contributed by atoms with Gasteiger partial charge in [0.25, 0.3) is 23.1 Å². The third-order valence-corrected chi connectivity index (χ3v) is 18.9. The average molecular weight is 1460 g/mol. The number of benzene rings is 7. The predicted molar refractivity (Wildman–Crippen MR) is 381 cm³/mol. The molecule has 102 heavy (non-hydrogen) atoms. The van der Waals surface area contributed by atoms with Crippen molar-refractivity contribution < 1.29 is 63.3 Å². The molecule has 0 unspecified atom stereocenters. The quantitative estimate of drug-likeness (QED) is 0.0656. The van der Waals surface area contributed by atoms with E-state index >= 15 is 0 Å². The fourth-order valence-corrected chi connectivity index (χ4v) is 11.3. The first-order valence-electron chi connectivity index (χ1n) is 33.3. The Labute approximate surface area is 603 Å². The number of nitrogens with zero attached hydrogens (tertiary/aromatic N) is 3. The van der Waals surface area contributed by atoms with Gasteiger partial charge in [0.15, 0.2) is 17.1 Å². The van der Waals surface area contributed by atoms with Gasteiger partial charge in [-0.3, -0.25) is 14.4 Å². The van der Waals surface area contributed by atoms with Crippen molar-refractivity contribution in [2.24, 2.45) is 0 Å². The van der Waals surface area contributed by atoms with Crippen LogP contribution in [0.1, 0.15) is 204 Å². The van der Waals surface area contributed by atoms with Crippen LogP contribution in [0.15, 0.2) is 166 Å². The molecule has 0 bridgehead atoms. The maximum atomic E-state index is 13.8. The fourth-order valence-electron chi connectivity index (χ4n) is 10.7. The Bertz CT molecular complexity index is 4400. The summed E-state index contributed by atoms with van der Waals surface area (Å²) in [5.74, 6) is -2.66. The van der Waals surface area contributed by atoms with E-state index in [0.717, 1.165) is 28.8 Å². The van der Waals surface area contributed by atoms with Crippen LogP contribution in [0.3, 0.4) is 0 Å². The van der Waals surface area contributed by atoms with Gasteiger partial charge in [0.2, 0.25) is 11.8 Å². The van der Waals surface area contributed by atoms with Crippen LogP contribution in [0, 0.1) is 55.7 Å². The lowest BCUT2D eigenvalue weighted by molar-refractivity contribution is 0.00578. The second-order valence-electron chi connectivity index (χ2n) is 26.7. The van der Waals surface area contributed by atoms with Crippen LogP contribution in [0.2, 0.25) is 15.4 Å². The summed E-state index contributed by atoms with van der Waals surface area (Å²) >= 11 is 16.6. The van der Waals surface area contributed by atoms with Gasteiger partial charge in [-0.2, -0.15) is 4.98 Å². The largest absolute Gasteiger partial charge is 0.494 e. The highest BCUT2D eigenvalue weighted by Crippen LogP contribution is 2.43. The summed E-state index contributed by atoms with van der Waals surface area (Å²) in [5, 5.41) is 9.14. The standard InChI is InChI=1S/2C22H20F2N2O2.C15H21BO2.C13H11ClF2N2O2.C6H4Cl2/c2*1-12-18(23)9-17(10-19(12)24)13(2)25-21(27)20-11-28-22(26-20)16-5-3-4-15(8-16)14-6-7-14;1-14(2)15(3,4)18-16(17-14)13-7-5-6-12(10-13)11-8-9-11;1-6-9(15)3-8(4-10(6)16)7(2)17-12(19)11-5-20-13(14)18-11;7-5-2-1-3-6(8)4-5/h2*3-5,8-11,13-14H,6-7H2,1-2H3,(H,25,27);5-7,10-11H,8-9H2,1-4H3;3-5,7H,1-2H3,(H,17,19);1-4H/t2*13-;;7-;/m11.1./s1. The van der Waals surface area contributed by atoms with E-state index in [1.54, 1.807) is 39.0 Å². The second-order valence-corrected chi connectivity index (χ2v) is 27.9. The summed E-state index contributed by atoms with van der Waals surface area (Å²) in [6, 6.07) is 37.2. The van der Waals surface area contributed by atoms with Gasteiger partial charge in [0, 0.05) is 37.9 Å². The average Bonchev–Trinajstić information content (AvgIpc) is 1.62. The molecule has 3 atom stereocenters. The van der Waals surface area contributed by atoms with Gasteiger partial charge >= 0.3 is 7.12 Å². The molecule has 4 aliphatic rings. The number of carbonyl (C=O) groups is 3. The highest BCUT2D eigenvalue weighted by Gasteiger charge is 2.52. The van der Waals surface area contributed by atoms with E-state index in [1.807, 2.05) is 42.5 Å². The molecule has 3 saturated carbocycles. The maximum Gasteiger partial charge on any atom is 0.494 e. The number of nitrogens with one attached hydrogen (secondary N) is 3. The Balaban J connectivity index is 0.000000143. The Morgan fingerprint density at radius 1 is 0.441 bits per heavy atom. The summed E-state index contributed by atoms with van der Waals surface area (Å²) < 4.78 is 110. The van der Waals surface area contributed by atoms with Crippen LogP contribution in [-0.4, -0.2) is 51.0 Å². The van der Waals surface area contributed by atoms with Gasteiger partial charge in [0.05, 0.1) is 29.3 Å². The van der Waals surface area contributed by atoms with Crippen molar-refractivity contribution >= 4 is 65.1 Å². The predicted octanol–water partition coefficient (Wildman–Crippen LogP) is 19.9. The summed E-state index contributed by atoms with van der Waals surface area (Å²) in [6.07, 6.45) is 11.1. The third-order valence-electron chi connectivity index (χ3n) is 18.3. The van der Waals surface area contributed by atoms with E-state index < -0.39 is 70.8 Å². The topological polar surface area (TPSA) is 184 Å². The molecule has 14 nitrogen and oxygen atoms in total.